The van der Waals surface area contributed by atoms with Crippen molar-refractivity contribution in [2.75, 3.05) is 20.3 Å². The first-order valence-electron chi connectivity index (χ1n) is 14.3. The zero-order valence-corrected chi connectivity index (χ0v) is 25.1. The number of nitrogens with two attached hydrogens (primary N) is 1. The molecule has 0 aliphatic heterocycles. The highest BCUT2D eigenvalue weighted by molar-refractivity contribution is 6.32. The third-order valence-electron chi connectivity index (χ3n) is 7.04. The van der Waals surface area contributed by atoms with Crippen molar-refractivity contribution in [3.63, 3.8) is 0 Å². The van der Waals surface area contributed by atoms with Gasteiger partial charge in [0, 0.05) is 24.6 Å². The summed E-state index contributed by atoms with van der Waals surface area (Å²) in [5.74, 6) is -0.157. The highest BCUT2D eigenvalue weighted by Crippen LogP contribution is 2.34. The van der Waals surface area contributed by atoms with Gasteiger partial charge in [0.2, 0.25) is 0 Å². The maximum Gasteiger partial charge on any atom is 0.322 e. The Hall–Kier alpha value is -3.59. The molecule has 0 aliphatic rings. The zero-order chi connectivity index (χ0) is 30.3. The standard InChI is InChI=1S/C33H41ClN2O6/c1-23-25(13-10-14-27(23)24-11-4-3-5-12-24)22-42-31-20-30(41-18-9-7-16-32(37)38)26(19-28(31)34)21-36-29(33(39)40-2)15-6-8-17-35/h3-5,10-14,19-20,29,36H,6-9,15-18,21-22,35H2,1-2H3,(H,37,38)/t29-/m0/s1. The number of unbranched alkanes of at least 4 members (excludes halogenated alkanes) is 2. The van der Waals surface area contributed by atoms with Gasteiger partial charge in [-0.3, -0.25) is 9.59 Å². The number of carboxylic acids is 1. The van der Waals surface area contributed by atoms with Crippen molar-refractivity contribution in [2.24, 2.45) is 5.73 Å². The number of carbonyl (C=O) groups is 2. The summed E-state index contributed by atoms with van der Waals surface area (Å²) >= 11 is 6.68. The molecule has 0 heterocycles. The van der Waals surface area contributed by atoms with Gasteiger partial charge in [0.1, 0.15) is 24.1 Å². The number of hydrogen-bond donors (Lipinski definition) is 3. The Balaban J connectivity index is 1.78. The lowest BCUT2D eigenvalue weighted by Gasteiger charge is -2.20. The number of rotatable bonds is 18. The topological polar surface area (TPSA) is 120 Å². The number of halogens is 1. The summed E-state index contributed by atoms with van der Waals surface area (Å²) in [6, 6.07) is 19.4. The molecule has 0 saturated heterocycles. The molecule has 0 spiro atoms. The van der Waals surface area contributed by atoms with Crippen LogP contribution in [0.25, 0.3) is 11.1 Å². The van der Waals surface area contributed by atoms with Crippen molar-refractivity contribution in [1.82, 2.24) is 5.32 Å². The van der Waals surface area contributed by atoms with Crippen LogP contribution in [0.5, 0.6) is 11.5 Å². The quantitative estimate of drug-likeness (QED) is 0.116. The molecule has 0 saturated carbocycles. The Morgan fingerprint density at radius 3 is 2.45 bits per heavy atom. The van der Waals surface area contributed by atoms with E-state index < -0.39 is 12.0 Å². The minimum atomic E-state index is -0.836. The molecule has 0 unspecified atom stereocenters. The molecule has 1 atom stereocenters. The van der Waals surface area contributed by atoms with Gasteiger partial charge in [0.05, 0.1) is 18.7 Å². The maximum absolute atomic E-state index is 12.4. The minimum Gasteiger partial charge on any atom is -0.493 e. The molecule has 226 valence electrons. The van der Waals surface area contributed by atoms with Crippen LogP contribution in [-0.4, -0.2) is 43.3 Å². The molecule has 3 rings (SSSR count). The van der Waals surface area contributed by atoms with Gasteiger partial charge in [0.25, 0.3) is 0 Å². The smallest absolute Gasteiger partial charge is 0.322 e. The number of carboxylic acid groups (broad SMARTS) is 1. The molecule has 9 heteroatoms. The molecular weight excluding hydrogens is 556 g/mol. The van der Waals surface area contributed by atoms with Crippen LogP contribution < -0.4 is 20.5 Å². The van der Waals surface area contributed by atoms with E-state index >= 15 is 0 Å². The van der Waals surface area contributed by atoms with Crippen LogP contribution in [0.2, 0.25) is 5.02 Å². The number of benzene rings is 3. The Bertz CT molecular complexity index is 1300. The van der Waals surface area contributed by atoms with Gasteiger partial charge < -0.3 is 30.4 Å². The first-order valence-corrected chi connectivity index (χ1v) is 14.7. The first-order chi connectivity index (χ1) is 20.3. The molecule has 0 aromatic heterocycles. The molecule has 0 fully saturated rings. The molecule has 8 nitrogen and oxygen atoms in total. The van der Waals surface area contributed by atoms with Crippen LogP contribution in [0.1, 0.15) is 55.2 Å². The second kappa shape index (κ2) is 17.4. The molecule has 0 bridgehead atoms. The van der Waals surface area contributed by atoms with E-state index in [4.69, 9.17) is 36.7 Å². The van der Waals surface area contributed by atoms with Crippen LogP contribution >= 0.6 is 11.6 Å². The normalized spacial score (nSPS) is 11.6. The second-order valence-electron chi connectivity index (χ2n) is 10.1. The molecule has 0 aliphatic carbocycles. The van der Waals surface area contributed by atoms with E-state index in [1.807, 2.05) is 30.3 Å². The summed E-state index contributed by atoms with van der Waals surface area (Å²) in [7, 11) is 1.37. The zero-order valence-electron chi connectivity index (χ0n) is 24.4. The number of methoxy groups -OCH3 is 1. The summed E-state index contributed by atoms with van der Waals surface area (Å²) in [5, 5.41) is 12.6. The van der Waals surface area contributed by atoms with Gasteiger partial charge in [-0.25, -0.2) is 0 Å². The molecule has 3 aromatic carbocycles. The van der Waals surface area contributed by atoms with Crippen molar-refractivity contribution < 1.29 is 28.9 Å². The molecule has 4 N–H and O–H groups in total. The van der Waals surface area contributed by atoms with Crippen molar-refractivity contribution in [3.05, 3.63) is 82.4 Å². The number of esters is 1. The van der Waals surface area contributed by atoms with Crippen molar-refractivity contribution in [3.8, 4) is 22.6 Å². The Labute approximate surface area is 253 Å². The number of nitrogens with one attached hydrogen (secondary N) is 1. The second-order valence-corrected chi connectivity index (χ2v) is 10.5. The fourth-order valence-electron chi connectivity index (χ4n) is 4.62. The Morgan fingerprint density at radius 1 is 0.952 bits per heavy atom. The van der Waals surface area contributed by atoms with Crippen LogP contribution in [0.15, 0.2) is 60.7 Å². The van der Waals surface area contributed by atoms with Gasteiger partial charge in [0.15, 0.2) is 0 Å². The lowest BCUT2D eigenvalue weighted by Crippen LogP contribution is -2.37. The molecule has 42 heavy (non-hydrogen) atoms. The number of hydrogen-bond acceptors (Lipinski definition) is 7. The lowest BCUT2D eigenvalue weighted by atomic mass is 9.97. The first kappa shape index (κ1) is 32.9. The van der Waals surface area contributed by atoms with Crippen molar-refractivity contribution >= 4 is 23.5 Å². The van der Waals surface area contributed by atoms with E-state index in [0.717, 1.165) is 40.7 Å². The highest BCUT2D eigenvalue weighted by atomic mass is 35.5. The maximum atomic E-state index is 12.4. The van der Waals surface area contributed by atoms with Crippen molar-refractivity contribution in [2.45, 2.75) is 64.6 Å². The van der Waals surface area contributed by atoms with E-state index in [1.165, 1.54) is 7.11 Å². The molecule has 0 radical (unpaired) electrons. The largest absolute Gasteiger partial charge is 0.493 e. The van der Waals surface area contributed by atoms with Crippen LogP contribution in [0.4, 0.5) is 0 Å². The van der Waals surface area contributed by atoms with E-state index in [2.05, 4.69) is 30.4 Å². The highest BCUT2D eigenvalue weighted by Gasteiger charge is 2.20. The minimum absolute atomic E-state index is 0.0811. The Morgan fingerprint density at radius 2 is 1.74 bits per heavy atom. The lowest BCUT2D eigenvalue weighted by molar-refractivity contribution is -0.143. The number of carbonyl (C=O) groups excluding carboxylic acids is 1. The average Bonchev–Trinajstić information content (AvgIpc) is 2.99. The fourth-order valence-corrected chi connectivity index (χ4v) is 4.86. The van der Waals surface area contributed by atoms with Crippen LogP contribution in [0.3, 0.4) is 0 Å². The van der Waals surface area contributed by atoms with Crippen LogP contribution in [0, 0.1) is 6.92 Å². The third-order valence-corrected chi connectivity index (χ3v) is 7.34. The predicted octanol–water partition coefficient (Wildman–Crippen LogP) is 6.29. The van der Waals surface area contributed by atoms with Crippen molar-refractivity contribution in [1.29, 1.82) is 0 Å². The molecule has 3 aromatic rings. The monoisotopic (exact) mass is 596 g/mol. The van der Waals surface area contributed by atoms with Gasteiger partial charge in [-0.15, -0.1) is 0 Å². The summed E-state index contributed by atoms with van der Waals surface area (Å²) in [6.07, 6.45) is 3.35. The number of ether oxygens (including phenoxy) is 3. The average molecular weight is 597 g/mol. The summed E-state index contributed by atoms with van der Waals surface area (Å²) in [6.45, 7) is 3.59. The van der Waals surface area contributed by atoms with Gasteiger partial charge in [-0.1, -0.05) is 66.6 Å². The third kappa shape index (κ3) is 10.0. The Kier molecular flexibility index (Phi) is 13.6. The van der Waals surface area contributed by atoms with E-state index in [-0.39, 0.29) is 12.4 Å². The van der Waals surface area contributed by atoms with E-state index in [9.17, 15) is 9.59 Å². The fraction of sp³-hybridized carbons (Fsp3) is 0.394. The summed E-state index contributed by atoms with van der Waals surface area (Å²) < 4.78 is 17.3. The van der Waals surface area contributed by atoms with Crippen LogP contribution in [-0.2, 0) is 27.5 Å². The van der Waals surface area contributed by atoms with E-state index in [1.54, 1.807) is 12.1 Å². The summed E-state index contributed by atoms with van der Waals surface area (Å²) in [4.78, 5) is 23.2. The summed E-state index contributed by atoms with van der Waals surface area (Å²) in [5.41, 5.74) is 10.8. The van der Waals surface area contributed by atoms with Gasteiger partial charge >= 0.3 is 11.9 Å². The predicted molar refractivity (Wildman–Crippen MR) is 165 cm³/mol. The molecule has 0 amide bonds. The van der Waals surface area contributed by atoms with Gasteiger partial charge in [-0.05, 0) is 67.5 Å². The SMILES string of the molecule is COC(=O)[C@H](CCCCN)NCc1cc(Cl)c(OCc2cccc(-c3ccccc3)c2C)cc1OCCCCC(=O)O. The van der Waals surface area contributed by atoms with Gasteiger partial charge in [-0.2, -0.15) is 0 Å². The van der Waals surface area contributed by atoms with E-state index in [0.29, 0.717) is 62.1 Å². The molecular formula is C33H41ClN2O6. The number of aliphatic carboxylic acids is 1.